The Morgan fingerprint density at radius 1 is 1.13 bits per heavy atom. The maximum absolute atomic E-state index is 12.8. The van der Waals surface area contributed by atoms with Crippen LogP contribution in [0.1, 0.15) is 34.0 Å². The van der Waals surface area contributed by atoms with E-state index >= 15 is 0 Å². The fraction of sp³-hybridized carbons (Fsp3) is 0.176. The van der Waals surface area contributed by atoms with Gasteiger partial charge in [0.1, 0.15) is 0 Å². The van der Waals surface area contributed by atoms with E-state index in [4.69, 9.17) is 0 Å². The molecular weight excluding hydrogens is 305 g/mol. The number of benzene rings is 2. The van der Waals surface area contributed by atoms with Crippen LogP contribution in [0.2, 0.25) is 0 Å². The predicted octanol–water partition coefficient (Wildman–Crippen LogP) is 4.03. The molecule has 0 aliphatic carbocycles. The van der Waals surface area contributed by atoms with Gasteiger partial charge in [-0.25, -0.2) is 5.43 Å². The Morgan fingerprint density at radius 3 is 2.39 bits per heavy atom. The highest BCUT2D eigenvalue weighted by molar-refractivity contribution is 5.95. The lowest BCUT2D eigenvalue weighted by molar-refractivity contribution is -0.137. The summed E-state index contributed by atoms with van der Waals surface area (Å²) in [5.41, 5.74) is 2.80. The van der Waals surface area contributed by atoms with E-state index in [1.807, 2.05) is 19.1 Å². The van der Waals surface area contributed by atoms with Gasteiger partial charge >= 0.3 is 6.18 Å². The van der Waals surface area contributed by atoms with Crippen LogP contribution in [-0.2, 0) is 12.6 Å². The summed E-state index contributed by atoms with van der Waals surface area (Å²) in [7, 11) is 0. The first kappa shape index (κ1) is 16.7. The van der Waals surface area contributed by atoms with Crippen molar-refractivity contribution in [1.29, 1.82) is 0 Å². The maximum atomic E-state index is 12.8. The summed E-state index contributed by atoms with van der Waals surface area (Å²) in [6.45, 7) is 2.00. The Labute approximate surface area is 131 Å². The van der Waals surface area contributed by atoms with Gasteiger partial charge in [0.25, 0.3) is 5.91 Å². The van der Waals surface area contributed by atoms with E-state index in [9.17, 15) is 18.0 Å². The summed E-state index contributed by atoms with van der Waals surface area (Å²) in [5.74, 6) is -0.478. The van der Waals surface area contributed by atoms with Gasteiger partial charge in [-0.1, -0.05) is 37.3 Å². The molecule has 0 bridgehead atoms. The number of rotatable bonds is 4. The Balaban J connectivity index is 2.08. The number of alkyl halides is 3. The van der Waals surface area contributed by atoms with Crippen LogP contribution in [0.5, 0.6) is 0 Å². The monoisotopic (exact) mass is 320 g/mol. The number of halogens is 3. The second-order valence-corrected chi connectivity index (χ2v) is 4.83. The van der Waals surface area contributed by atoms with Crippen molar-refractivity contribution < 1.29 is 18.0 Å². The normalized spacial score (nSPS) is 11.7. The molecule has 0 aromatic heterocycles. The molecule has 0 radical (unpaired) electrons. The third-order valence-corrected chi connectivity index (χ3v) is 3.26. The molecule has 0 atom stereocenters. The van der Waals surface area contributed by atoms with Crippen LogP contribution >= 0.6 is 0 Å². The van der Waals surface area contributed by atoms with Crippen LogP contribution in [0.4, 0.5) is 13.2 Å². The first-order valence-corrected chi connectivity index (χ1v) is 7.00. The summed E-state index contributed by atoms with van der Waals surface area (Å²) in [4.78, 5) is 11.9. The molecule has 1 amide bonds. The minimum Gasteiger partial charge on any atom is -0.267 e. The third-order valence-electron chi connectivity index (χ3n) is 3.26. The smallest absolute Gasteiger partial charge is 0.267 e. The zero-order valence-electron chi connectivity index (χ0n) is 12.4. The van der Waals surface area contributed by atoms with Gasteiger partial charge in [-0.2, -0.15) is 18.3 Å². The van der Waals surface area contributed by atoms with Crippen molar-refractivity contribution in [3.63, 3.8) is 0 Å². The standard InChI is InChI=1S/C17H15F3N2O/c1-2-12-7-9-13(10-8-12)16(23)22-21-11-14-5-3-4-6-15(14)17(18,19)20/h3-11H,2H2,1H3,(H,22,23)/b21-11-. The van der Waals surface area contributed by atoms with E-state index in [-0.39, 0.29) is 5.56 Å². The van der Waals surface area contributed by atoms with Crippen LogP contribution in [0, 0.1) is 0 Å². The van der Waals surface area contributed by atoms with E-state index < -0.39 is 17.6 Å². The lowest BCUT2D eigenvalue weighted by Gasteiger charge is -2.09. The van der Waals surface area contributed by atoms with Crippen molar-refractivity contribution in [2.45, 2.75) is 19.5 Å². The number of aryl methyl sites for hydroxylation is 1. The maximum Gasteiger partial charge on any atom is 0.417 e. The average Bonchev–Trinajstić information content (AvgIpc) is 2.54. The van der Waals surface area contributed by atoms with E-state index in [0.29, 0.717) is 5.56 Å². The lowest BCUT2D eigenvalue weighted by atomic mass is 10.1. The van der Waals surface area contributed by atoms with Crippen molar-refractivity contribution in [3.8, 4) is 0 Å². The van der Waals surface area contributed by atoms with Gasteiger partial charge in [0.15, 0.2) is 0 Å². The van der Waals surface area contributed by atoms with Crippen molar-refractivity contribution in [3.05, 3.63) is 70.8 Å². The second-order valence-electron chi connectivity index (χ2n) is 4.83. The molecule has 6 heteroatoms. The highest BCUT2D eigenvalue weighted by Crippen LogP contribution is 2.30. The number of carbonyl (C=O) groups excluding carboxylic acids is 1. The Bertz CT molecular complexity index is 707. The Hall–Kier alpha value is -2.63. The highest BCUT2D eigenvalue weighted by Gasteiger charge is 2.32. The molecule has 0 saturated heterocycles. The van der Waals surface area contributed by atoms with Crippen LogP contribution in [-0.4, -0.2) is 12.1 Å². The fourth-order valence-corrected chi connectivity index (χ4v) is 1.98. The summed E-state index contributed by atoms with van der Waals surface area (Å²) < 4.78 is 38.5. The molecule has 2 aromatic carbocycles. The Kier molecular flexibility index (Phi) is 5.16. The van der Waals surface area contributed by atoms with Crippen molar-refractivity contribution in [2.24, 2.45) is 5.10 Å². The number of hydrogen-bond acceptors (Lipinski definition) is 2. The van der Waals surface area contributed by atoms with Crippen molar-refractivity contribution in [1.82, 2.24) is 5.43 Å². The molecule has 0 heterocycles. The summed E-state index contributed by atoms with van der Waals surface area (Å²) >= 11 is 0. The molecule has 1 N–H and O–H groups in total. The van der Waals surface area contributed by atoms with E-state index in [1.54, 1.807) is 12.1 Å². The quantitative estimate of drug-likeness (QED) is 0.670. The van der Waals surface area contributed by atoms with Gasteiger partial charge in [0, 0.05) is 11.1 Å². The molecule has 2 aromatic rings. The third kappa shape index (κ3) is 4.42. The van der Waals surface area contributed by atoms with Crippen LogP contribution in [0.3, 0.4) is 0 Å². The van der Waals surface area contributed by atoms with E-state index in [1.165, 1.54) is 18.2 Å². The van der Waals surface area contributed by atoms with E-state index in [0.717, 1.165) is 24.3 Å². The van der Waals surface area contributed by atoms with E-state index in [2.05, 4.69) is 10.5 Å². The molecule has 0 fully saturated rings. The van der Waals surface area contributed by atoms with Gasteiger partial charge in [0.2, 0.25) is 0 Å². The van der Waals surface area contributed by atoms with Crippen molar-refractivity contribution in [2.75, 3.05) is 0 Å². The number of carbonyl (C=O) groups is 1. The molecule has 2 rings (SSSR count). The zero-order chi connectivity index (χ0) is 16.9. The summed E-state index contributed by atoms with van der Waals surface area (Å²) in [6, 6.07) is 12.0. The number of hydrogen-bond donors (Lipinski definition) is 1. The summed E-state index contributed by atoms with van der Waals surface area (Å²) in [6.07, 6.45) is -2.63. The molecule has 3 nitrogen and oxygen atoms in total. The molecule has 0 saturated carbocycles. The first-order valence-electron chi connectivity index (χ1n) is 7.00. The largest absolute Gasteiger partial charge is 0.417 e. The minimum atomic E-state index is -4.47. The van der Waals surface area contributed by atoms with Crippen LogP contribution < -0.4 is 5.43 Å². The fourth-order valence-electron chi connectivity index (χ4n) is 1.98. The number of nitrogens with zero attached hydrogens (tertiary/aromatic N) is 1. The molecule has 0 unspecified atom stereocenters. The van der Waals surface area contributed by atoms with Gasteiger partial charge in [-0.15, -0.1) is 0 Å². The zero-order valence-corrected chi connectivity index (χ0v) is 12.4. The first-order chi connectivity index (χ1) is 10.9. The molecule has 0 spiro atoms. The molecule has 120 valence electrons. The minimum absolute atomic E-state index is 0.110. The predicted molar refractivity (Wildman–Crippen MR) is 82.3 cm³/mol. The highest BCUT2D eigenvalue weighted by atomic mass is 19.4. The molecule has 0 aliphatic heterocycles. The number of nitrogens with one attached hydrogen (secondary N) is 1. The average molecular weight is 320 g/mol. The Morgan fingerprint density at radius 2 is 1.78 bits per heavy atom. The van der Waals surface area contributed by atoms with Crippen LogP contribution in [0.15, 0.2) is 53.6 Å². The summed E-state index contributed by atoms with van der Waals surface area (Å²) in [5, 5.41) is 3.61. The molecule has 23 heavy (non-hydrogen) atoms. The van der Waals surface area contributed by atoms with Gasteiger partial charge in [0.05, 0.1) is 11.8 Å². The van der Waals surface area contributed by atoms with Gasteiger partial charge < -0.3 is 0 Å². The van der Waals surface area contributed by atoms with Crippen molar-refractivity contribution >= 4 is 12.1 Å². The SMILES string of the molecule is CCc1ccc(C(=O)N/N=C\c2ccccc2C(F)(F)F)cc1. The number of hydrazone groups is 1. The van der Waals surface area contributed by atoms with Gasteiger partial charge in [-0.05, 0) is 30.2 Å². The molecule has 0 aliphatic rings. The van der Waals surface area contributed by atoms with Gasteiger partial charge in [-0.3, -0.25) is 4.79 Å². The molecular formula is C17H15F3N2O. The number of amides is 1. The second kappa shape index (κ2) is 7.09. The lowest BCUT2D eigenvalue weighted by Crippen LogP contribution is -2.18. The topological polar surface area (TPSA) is 41.5 Å². The van der Waals surface area contributed by atoms with Crippen LogP contribution in [0.25, 0.3) is 0 Å².